The molecule has 0 aromatic heterocycles. The molecular formula is C9H8N2O4. The molecule has 0 radical (unpaired) electrons. The van der Waals surface area contributed by atoms with Crippen molar-refractivity contribution in [2.75, 3.05) is 0 Å². The molecule has 1 aromatic carbocycles. The van der Waals surface area contributed by atoms with Crippen LogP contribution < -0.4 is 0 Å². The summed E-state index contributed by atoms with van der Waals surface area (Å²) in [5.41, 5.74) is 0.300. The van der Waals surface area contributed by atoms with E-state index in [1.807, 2.05) is 0 Å². The Labute approximate surface area is 85.1 Å². The van der Waals surface area contributed by atoms with Crippen LogP contribution in [0.2, 0.25) is 0 Å². The number of nitro benzene ring substituents is 1. The number of hydrogen-bond acceptors (Lipinski definition) is 4. The predicted octanol–water partition coefficient (Wildman–Crippen LogP) is 2.23. The van der Waals surface area contributed by atoms with E-state index in [1.54, 1.807) is 6.07 Å². The fraction of sp³-hybridized carbons (Fsp3) is 0.111. The van der Waals surface area contributed by atoms with Gasteiger partial charge >= 0.3 is 0 Å². The molecule has 0 spiro atoms. The topological polar surface area (TPSA) is 86.3 Å². The summed E-state index contributed by atoms with van der Waals surface area (Å²) < 4.78 is 0. The second-order valence-electron chi connectivity index (χ2n) is 2.89. The molecule has 6 heteroatoms. The molecule has 0 N–H and O–H groups in total. The summed E-state index contributed by atoms with van der Waals surface area (Å²) >= 11 is 0. The molecule has 0 aliphatic rings. The first-order valence-corrected chi connectivity index (χ1v) is 4.08. The molecule has 0 bridgehead atoms. The lowest BCUT2D eigenvalue weighted by molar-refractivity contribution is -0.422. The van der Waals surface area contributed by atoms with Gasteiger partial charge in [-0.3, -0.25) is 20.2 Å². The Bertz CT molecular complexity index is 439. The fourth-order valence-corrected chi connectivity index (χ4v) is 1.02. The number of allylic oxidation sites excluding steroid dienone is 1. The van der Waals surface area contributed by atoms with E-state index < -0.39 is 9.85 Å². The molecule has 1 aromatic rings. The Morgan fingerprint density at radius 2 is 2.00 bits per heavy atom. The first-order chi connectivity index (χ1) is 7.00. The van der Waals surface area contributed by atoms with Gasteiger partial charge < -0.3 is 0 Å². The summed E-state index contributed by atoms with van der Waals surface area (Å²) in [4.78, 5) is 19.7. The van der Waals surface area contributed by atoms with E-state index >= 15 is 0 Å². The molecule has 0 aliphatic heterocycles. The van der Waals surface area contributed by atoms with Crippen LogP contribution in [0.5, 0.6) is 0 Å². The molecule has 0 heterocycles. The van der Waals surface area contributed by atoms with Crippen molar-refractivity contribution in [2.24, 2.45) is 0 Å². The lowest BCUT2D eigenvalue weighted by Gasteiger charge is -1.94. The van der Waals surface area contributed by atoms with Gasteiger partial charge in [0.05, 0.1) is 9.85 Å². The van der Waals surface area contributed by atoms with E-state index in [4.69, 9.17) is 0 Å². The van der Waals surface area contributed by atoms with E-state index in [-0.39, 0.29) is 11.4 Å². The Balaban J connectivity index is 3.06. The van der Waals surface area contributed by atoms with Gasteiger partial charge in [-0.15, -0.1) is 0 Å². The molecule has 0 amide bonds. The predicted molar refractivity (Wildman–Crippen MR) is 53.7 cm³/mol. The number of non-ortho nitro benzene ring substituents is 1. The van der Waals surface area contributed by atoms with Gasteiger partial charge in [0.15, 0.2) is 0 Å². The van der Waals surface area contributed by atoms with Gasteiger partial charge in [-0.2, -0.15) is 0 Å². The van der Waals surface area contributed by atoms with Crippen LogP contribution >= 0.6 is 0 Å². The summed E-state index contributed by atoms with van der Waals surface area (Å²) in [5.74, 6) is 0. The maximum atomic E-state index is 10.4. The van der Waals surface area contributed by atoms with Crippen LogP contribution in [0.25, 0.3) is 6.08 Å². The molecule has 0 fully saturated rings. The van der Waals surface area contributed by atoms with E-state index in [2.05, 4.69) is 0 Å². The highest BCUT2D eigenvalue weighted by Crippen LogP contribution is 2.15. The second kappa shape index (κ2) is 4.32. The van der Waals surface area contributed by atoms with Crippen LogP contribution in [0.4, 0.5) is 5.69 Å². The average Bonchev–Trinajstić information content (AvgIpc) is 2.18. The molecule has 0 saturated carbocycles. The smallest absolute Gasteiger partial charge is 0.259 e. The van der Waals surface area contributed by atoms with Crippen molar-refractivity contribution in [2.45, 2.75) is 6.92 Å². The molecular weight excluding hydrogens is 200 g/mol. The highest BCUT2D eigenvalue weighted by molar-refractivity contribution is 5.54. The first-order valence-electron chi connectivity index (χ1n) is 4.08. The number of benzene rings is 1. The standard InChI is InChI=1S/C9H8N2O4/c1-7(10(12)13)5-8-3-2-4-9(6-8)11(14)15/h2-6H,1H3/b7-5-. The van der Waals surface area contributed by atoms with Crippen molar-refractivity contribution in [1.29, 1.82) is 0 Å². The number of hydrogen-bond donors (Lipinski definition) is 0. The largest absolute Gasteiger partial charge is 0.270 e. The van der Waals surface area contributed by atoms with E-state index in [1.165, 1.54) is 31.2 Å². The van der Waals surface area contributed by atoms with Crippen molar-refractivity contribution in [3.8, 4) is 0 Å². The first kappa shape index (κ1) is 10.8. The minimum atomic E-state index is -0.543. The van der Waals surface area contributed by atoms with Gasteiger partial charge in [0.1, 0.15) is 0 Å². The van der Waals surface area contributed by atoms with Gasteiger partial charge in [0, 0.05) is 25.1 Å². The number of nitrogens with zero attached hydrogens (tertiary/aromatic N) is 2. The molecule has 0 saturated heterocycles. The van der Waals surface area contributed by atoms with Gasteiger partial charge in [0.25, 0.3) is 5.69 Å². The van der Waals surface area contributed by atoms with Crippen LogP contribution in [-0.4, -0.2) is 9.85 Å². The highest BCUT2D eigenvalue weighted by atomic mass is 16.6. The van der Waals surface area contributed by atoms with Crippen LogP contribution in [0.3, 0.4) is 0 Å². The summed E-state index contributed by atoms with van der Waals surface area (Å²) in [6, 6.07) is 5.67. The Morgan fingerprint density at radius 1 is 1.33 bits per heavy atom. The number of nitro groups is 2. The summed E-state index contributed by atoms with van der Waals surface area (Å²) in [5, 5.41) is 20.7. The normalized spacial score (nSPS) is 11.1. The second-order valence-corrected chi connectivity index (χ2v) is 2.89. The molecule has 6 nitrogen and oxygen atoms in total. The minimum absolute atomic E-state index is 0.0597. The third-order valence-corrected chi connectivity index (χ3v) is 1.74. The van der Waals surface area contributed by atoms with E-state index in [0.29, 0.717) is 5.56 Å². The zero-order chi connectivity index (χ0) is 11.4. The van der Waals surface area contributed by atoms with Crippen molar-refractivity contribution >= 4 is 11.8 Å². The lowest BCUT2D eigenvalue weighted by atomic mass is 10.2. The van der Waals surface area contributed by atoms with Gasteiger partial charge in [-0.05, 0) is 5.56 Å². The summed E-state index contributed by atoms with van der Waals surface area (Å²) in [6.07, 6.45) is 1.28. The van der Waals surface area contributed by atoms with Gasteiger partial charge in [-0.1, -0.05) is 12.1 Å². The van der Waals surface area contributed by atoms with Crippen molar-refractivity contribution in [3.05, 3.63) is 55.8 Å². The van der Waals surface area contributed by atoms with Crippen molar-refractivity contribution in [3.63, 3.8) is 0 Å². The quantitative estimate of drug-likeness (QED) is 0.562. The van der Waals surface area contributed by atoms with E-state index in [9.17, 15) is 20.2 Å². The Kier molecular flexibility index (Phi) is 3.12. The van der Waals surface area contributed by atoms with Gasteiger partial charge in [-0.25, -0.2) is 0 Å². The Morgan fingerprint density at radius 3 is 2.53 bits per heavy atom. The third-order valence-electron chi connectivity index (χ3n) is 1.74. The third kappa shape index (κ3) is 2.87. The van der Waals surface area contributed by atoms with Crippen LogP contribution in [0, 0.1) is 20.2 Å². The molecule has 78 valence electrons. The van der Waals surface area contributed by atoms with Crippen LogP contribution in [-0.2, 0) is 0 Å². The summed E-state index contributed by atoms with van der Waals surface area (Å²) in [7, 11) is 0. The van der Waals surface area contributed by atoms with Crippen LogP contribution in [0.1, 0.15) is 12.5 Å². The molecule has 0 atom stereocenters. The average molecular weight is 208 g/mol. The zero-order valence-electron chi connectivity index (χ0n) is 7.91. The van der Waals surface area contributed by atoms with Gasteiger partial charge in [0.2, 0.25) is 5.70 Å². The molecule has 0 aliphatic carbocycles. The maximum Gasteiger partial charge on any atom is 0.270 e. The Hall–Kier alpha value is -2.24. The fourth-order valence-electron chi connectivity index (χ4n) is 1.02. The SMILES string of the molecule is C/C(=C/c1cccc([N+](=O)[O-])c1)[N+](=O)[O-]. The lowest BCUT2D eigenvalue weighted by Crippen LogP contribution is -1.93. The highest BCUT2D eigenvalue weighted by Gasteiger charge is 2.07. The van der Waals surface area contributed by atoms with Crippen molar-refractivity contribution < 1.29 is 9.85 Å². The molecule has 0 unspecified atom stereocenters. The molecule has 15 heavy (non-hydrogen) atoms. The summed E-state index contributed by atoms with van der Waals surface area (Å²) in [6.45, 7) is 1.33. The van der Waals surface area contributed by atoms with Crippen LogP contribution in [0.15, 0.2) is 30.0 Å². The monoisotopic (exact) mass is 208 g/mol. The van der Waals surface area contributed by atoms with E-state index in [0.717, 1.165) is 0 Å². The zero-order valence-corrected chi connectivity index (χ0v) is 7.91. The number of rotatable bonds is 3. The minimum Gasteiger partial charge on any atom is -0.259 e. The molecule has 1 rings (SSSR count). The van der Waals surface area contributed by atoms with Crippen molar-refractivity contribution in [1.82, 2.24) is 0 Å². The maximum absolute atomic E-state index is 10.4.